The zero-order chi connectivity index (χ0) is 9.68. The highest BCUT2D eigenvalue weighted by Gasteiger charge is 2.00. The summed E-state index contributed by atoms with van der Waals surface area (Å²) in [7, 11) is 1.64. The third-order valence-corrected chi connectivity index (χ3v) is 1.53. The van der Waals surface area contributed by atoms with Crippen molar-refractivity contribution < 1.29 is 4.74 Å². The maximum Gasteiger partial charge on any atom is 0.156 e. The first-order valence-electron chi connectivity index (χ1n) is 4.33. The van der Waals surface area contributed by atoms with Gasteiger partial charge in [-0.2, -0.15) is 0 Å². The van der Waals surface area contributed by atoms with Crippen LogP contribution in [0.1, 0.15) is 18.4 Å². The minimum Gasteiger partial charge on any atom is -0.377 e. The summed E-state index contributed by atoms with van der Waals surface area (Å²) in [6.07, 6.45) is 0. The molecular weight excluding hydrogens is 166 g/mol. The van der Waals surface area contributed by atoms with E-state index in [4.69, 9.17) is 4.74 Å². The molecule has 0 aliphatic rings. The maximum absolute atomic E-state index is 4.96. The molecule has 1 aromatic rings. The summed E-state index contributed by atoms with van der Waals surface area (Å²) >= 11 is 0. The lowest BCUT2D eigenvalue weighted by atomic mass is 10.4. The fraction of sp³-hybridized carbons (Fsp3) is 0.556. The molecule has 1 N–H and O–H groups in total. The average Bonchev–Trinajstić information content (AvgIpc) is 2.04. The van der Waals surface area contributed by atoms with Crippen LogP contribution in [0.3, 0.4) is 0 Å². The van der Waals surface area contributed by atoms with Crippen LogP contribution in [0.4, 0.5) is 5.82 Å². The normalized spacial score (nSPS) is 10.1. The van der Waals surface area contributed by atoms with E-state index < -0.39 is 0 Å². The Morgan fingerprint density at radius 1 is 1.46 bits per heavy atom. The van der Waals surface area contributed by atoms with Gasteiger partial charge in [-0.3, -0.25) is 0 Å². The van der Waals surface area contributed by atoms with E-state index in [-0.39, 0.29) is 0 Å². The van der Waals surface area contributed by atoms with Gasteiger partial charge in [-0.05, 0) is 13.8 Å². The van der Waals surface area contributed by atoms with E-state index in [2.05, 4.69) is 15.3 Å². The fourth-order valence-corrected chi connectivity index (χ4v) is 1.10. The molecule has 0 aliphatic heterocycles. The summed E-state index contributed by atoms with van der Waals surface area (Å²) < 4.78 is 4.96. The molecule has 0 amide bonds. The Morgan fingerprint density at radius 3 is 2.85 bits per heavy atom. The molecule has 4 heteroatoms. The van der Waals surface area contributed by atoms with Crippen LogP contribution in [0.5, 0.6) is 0 Å². The van der Waals surface area contributed by atoms with E-state index in [1.165, 1.54) is 0 Å². The van der Waals surface area contributed by atoms with Crippen molar-refractivity contribution in [2.24, 2.45) is 0 Å². The number of aryl methyl sites for hydroxylation is 1. The molecule has 0 spiro atoms. The second-order valence-electron chi connectivity index (χ2n) is 2.77. The van der Waals surface area contributed by atoms with E-state index in [0.717, 1.165) is 23.9 Å². The molecular formula is C9H15N3O. The van der Waals surface area contributed by atoms with Crippen molar-refractivity contribution in [2.75, 3.05) is 19.0 Å². The van der Waals surface area contributed by atoms with E-state index in [9.17, 15) is 0 Å². The van der Waals surface area contributed by atoms with Gasteiger partial charge in [0.15, 0.2) is 5.82 Å². The molecule has 13 heavy (non-hydrogen) atoms. The smallest absolute Gasteiger partial charge is 0.156 e. The van der Waals surface area contributed by atoms with Crippen LogP contribution in [0.2, 0.25) is 0 Å². The Labute approximate surface area is 78.4 Å². The summed E-state index contributed by atoms with van der Waals surface area (Å²) in [6, 6.07) is 1.92. The molecule has 0 saturated heterocycles. The molecule has 1 heterocycles. The SMILES string of the molecule is CCNc1cc(C)nc(COC)n1. The largest absolute Gasteiger partial charge is 0.377 e. The van der Waals surface area contributed by atoms with Crippen molar-refractivity contribution in [3.05, 3.63) is 17.6 Å². The van der Waals surface area contributed by atoms with Crippen molar-refractivity contribution in [1.29, 1.82) is 0 Å². The molecule has 0 radical (unpaired) electrons. The van der Waals surface area contributed by atoms with Gasteiger partial charge in [0.2, 0.25) is 0 Å². The number of ether oxygens (including phenoxy) is 1. The van der Waals surface area contributed by atoms with Gasteiger partial charge in [0.25, 0.3) is 0 Å². The van der Waals surface area contributed by atoms with Crippen molar-refractivity contribution in [1.82, 2.24) is 9.97 Å². The summed E-state index contributed by atoms with van der Waals surface area (Å²) in [5, 5.41) is 3.14. The standard InChI is InChI=1S/C9H15N3O/c1-4-10-8-5-7(2)11-9(12-8)6-13-3/h5H,4,6H2,1-3H3,(H,10,11,12). The summed E-state index contributed by atoms with van der Waals surface area (Å²) in [5.41, 5.74) is 0.956. The van der Waals surface area contributed by atoms with E-state index >= 15 is 0 Å². The van der Waals surface area contributed by atoms with Crippen LogP contribution < -0.4 is 5.32 Å². The molecule has 0 unspecified atom stereocenters. The van der Waals surface area contributed by atoms with Crippen molar-refractivity contribution in [2.45, 2.75) is 20.5 Å². The molecule has 0 atom stereocenters. The predicted octanol–water partition coefficient (Wildman–Crippen LogP) is 1.36. The monoisotopic (exact) mass is 181 g/mol. The first-order valence-corrected chi connectivity index (χ1v) is 4.33. The number of hydrogen-bond donors (Lipinski definition) is 1. The van der Waals surface area contributed by atoms with Crippen LogP contribution in [-0.2, 0) is 11.3 Å². The number of aromatic nitrogens is 2. The minimum absolute atomic E-state index is 0.458. The molecule has 0 bridgehead atoms. The second-order valence-corrected chi connectivity index (χ2v) is 2.77. The number of nitrogens with one attached hydrogen (secondary N) is 1. The summed E-state index contributed by atoms with van der Waals surface area (Å²) in [4.78, 5) is 8.50. The molecule has 0 fully saturated rings. The van der Waals surface area contributed by atoms with Gasteiger partial charge >= 0.3 is 0 Å². The van der Waals surface area contributed by atoms with Crippen LogP contribution in [0, 0.1) is 6.92 Å². The van der Waals surface area contributed by atoms with Crippen LogP contribution >= 0.6 is 0 Å². The Bertz CT molecular complexity index is 251. The molecule has 0 aliphatic carbocycles. The quantitative estimate of drug-likeness (QED) is 0.762. The van der Waals surface area contributed by atoms with Gasteiger partial charge in [-0.25, -0.2) is 9.97 Å². The molecule has 72 valence electrons. The Hall–Kier alpha value is -1.16. The van der Waals surface area contributed by atoms with Crippen LogP contribution in [0.25, 0.3) is 0 Å². The third kappa shape index (κ3) is 2.99. The third-order valence-electron chi connectivity index (χ3n) is 1.53. The van der Waals surface area contributed by atoms with Gasteiger partial charge < -0.3 is 10.1 Å². The van der Waals surface area contributed by atoms with Gasteiger partial charge in [0, 0.05) is 25.4 Å². The first-order chi connectivity index (χ1) is 6.26. The Balaban J connectivity index is 2.83. The zero-order valence-electron chi connectivity index (χ0n) is 8.29. The Morgan fingerprint density at radius 2 is 2.23 bits per heavy atom. The highest BCUT2D eigenvalue weighted by atomic mass is 16.5. The van der Waals surface area contributed by atoms with Gasteiger partial charge in [-0.15, -0.1) is 0 Å². The Kier molecular flexibility index (Phi) is 3.64. The number of methoxy groups -OCH3 is 1. The minimum atomic E-state index is 0.458. The van der Waals surface area contributed by atoms with E-state index in [0.29, 0.717) is 6.61 Å². The lowest BCUT2D eigenvalue weighted by Crippen LogP contribution is -2.05. The highest BCUT2D eigenvalue weighted by Crippen LogP contribution is 2.06. The molecule has 0 aromatic carbocycles. The number of anilines is 1. The van der Waals surface area contributed by atoms with Gasteiger partial charge in [-0.1, -0.05) is 0 Å². The average molecular weight is 181 g/mol. The predicted molar refractivity (Wildman–Crippen MR) is 51.6 cm³/mol. The number of rotatable bonds is 4. The van der Waals surface area contributed by atoms with Crippen molar-refractivity contribution >= 4 is 5.82 Å². The van der Waals surface area contributed by atoms with Gasteiger partial charge in [0.05, 0.1) is 0 Å². The molecule has 4 nitrogen and oxygen atoms in total. The van der Waals surface area contributed by atoms with Gasteiger partial charge in [0.1, 0.15) is 12.4 Å². The second kappa shape index (κ2) is 4.77. The van der Waals surface area contributed by atoms with Crippen LogP contribution in [-0.4, -0.2) is 23.6 Å². The summed E-state index contributed by atoms with van der Waals surface area (Å²) in [6.45, 7) is 5.30. The lowest BCUT2D eigenvalue weighted by molar-refractivity contribution is 0.177. The molecule has 1 aromatic heterocycles. The topological polar surface area (TPSA) is 47.0 Å². The van der Waals surface area contributed by atoms with Crippen LogP contribution in [0.15, 0.2) is 6.07 Å². The number of hydrogen-bond acceptors (Lipinski definition) is 4. The maximum atomic E-state index is 4.96. The van der Waals surface area contributed by atoms with E-state index in [1.54, 1.807) is 7.11 Å². The zero-order valence-corrected chi connectivity index (χ0v) is 8.29. The lowest BCUT2D eigenvalue weighted by Gasteiger charge is -2.05. The first kappa shape index (κ1) is 9.92. The number of nitrogens with zero attached hydrogens (tertiary/aromatic N) is 2. The van der Waals surface area contributed by atoms with Crippen molar-refractivity contribution in [3.63, 3.8) is 0 Å². The van der Waals surface area contributed by atoms with E-state index in [1.807, 2.05) is 19.9 Å². The summed E-state index contributed by atoms with van der Waals surface area (Å²) in [5.74, 6) is 1.58. The molecule has 1 rings (SSSR count). The fourth-order valence-electron chi connectivity index (χ4n) is 1.10. The van der Waals surface area contributed by atoms with Crippen molar-refractivity contribution in [3.8, 4) is 0 Å². The molecule has 0 saturated carbocycles. The highest BCUT2D eigenvalue weighted by molar-refractivity contribution is 5.35.